The van der Waals surface area contributed by atoms with Gasteiger partial charge in [0.25, 0.3) is 5.56 Å². The predicted molar refractivity (Wildman–Crippen MR) is 156 cm³/mol. The summed E-state index contributed by atoms with van der Waals surface area (Å²) in [7, 11) is 2.23. The Morgan fingerprint density at radius 3 is 2.83 bits per heavy atom. The summed E-state index contributed by atoms with van der Waals surface area (Å²) < 4.78 is 3.63. The van der Waals surface area contributed by atoms with Gasteiger partial charge in [-0.2, -0.15) is 4.98 Å². The molecule has 40 heavy (non-hydrogen) atoms. The smallest absolute Gasteiger partial charge is 0.278 e. The van der Waals surface area contributed by atoms with Gasteiger partial charge < -0.3 is 15.3 Å². The first-order valence-electron chi connectivity index (χ1n) is 14.4. The minimum atomic E-state index is -0.523. The molecule has 1 fully saturated rings. The lowest BCUT2D eigenvalue weighted by Gasteiger charge is -2.35. The van der Waals surface area contributed by atoms with E-state index in [0.717, 1.165) is 55.0 Å². The highest BCUT2D eigenvalue weighted by molar-refractivity contribution is 5.78. The van der Waals surface area contributed by atoms with E-state index < -0.39 is 6.23 Å². The van der Waals surface area contributed by atoms with Crippen LogP contribution >= 0.6 is 0 Å². The van der Waals surface area contributed by atoms with E-state index in [-0.39, 0.29) is 11.1 Å². The molecule has 2 aromatic heterocycles. The minimum absolute atomic E-state index is 0.117. The third-order valence-corrected chi connectivity index (χ3v) is 9.31. The van der Waals surface area contributed by atoms with E-state index >= 15 is 0 Å². The average molecular weight is 536 g/mol. The Kier molecular flexibility index (Phi) is 5.24. The fraction of sp³-hybridized carbons (Fsp3) is 0.387. The van der Waals surface area contributed by atoms with Crippen molar-refractivity contribution in [2.45, 2.75) is 56.8 Å². The van der Waals surface area contributed by atoms with Crippen molar-refractivity contribution in [3.05, 3.63) is 81.8 Å². The quantitative estimate of drug-likeness (QED) is 0.377. The molecular weight excluding hydrogens is 502 g/mol. The van der Waals surface area contributed by atoms with Crippen LogP contribution in [0.4, 0.5) is 17.3 Å². The van der Waals surface area contributed by atoms with Crippen LogP contribution in [0.2, 0.25) is 0 Å². The van der Waals surface area contributed by atoms with Crippen LogP contribution in [0.1, 0.15) is 42.4 Å². The molecule has 1 unspecified atom stereocenters. The van der Waals surface area contributed by atoms with Gasteiger partial charge in [0.2, 0.25) is 5.95 Å². The molecule has 3 aliphatic heterocycles. The average Bonchev–Trinajstić information content (AvgIpc) is 3.63. The standard InChI is InChI=1S/C31H33N7O2/c1-35-15-10-20-6-8-22(17-25(20)31(35)11-12-31)33-30-32-19-24-28(34-30)38-23-9-7-21-16-27(39)36(26(21)18-23)13-4-2-3-5-14-37(38)29(24)40/h3,5-9,17-19,27,39H,2,4,10-16H2,1H3,(H,32,33,34)/b5-3-. The zero-order valence-corrected chi connectivity index (χ0v) is 22.7. The molecule has 2 aromatic carbocycles. The van der Waals surface area contributed by atoms with E-state index in [9.17, 15) is 9.90 Å². The van der Waals surface area contributed by atoms with Crippen LogP contribution in [0.15, 0.2) is 59.5 Å². The maximum Gasteiger partial charge on any atom is 0.278 e. The van der Waals surface area contributed by atoms with Crippen molar-refractivity contribution in [1.29, 1.82) is 0 Å². The highest BCUT2D eigenvalue weighted by Crippen LogP contribution is 2.54. The Morgan fingerprint density at radius 1 is 1.07 bits per heavy atom. The lowest BCUT2D eigenvalue weighted by molar-refractivity contribution is 0.178. The Balaban J connectivity index is 1.23. The Labute approximate surface area is 232 Å². The number of hydrogen-bond acceptors (Lipinski definition) is 7. The highest BCUT2D eigenvalue weighted by atomic mass is 16.3. The number of nitrogens with one attached hydrogen (secondary N) is 1. The molecule has 4 aromatic rings. The number of fused-ring (bicyclic) bond motifs is 7. The summed E-state index contributed by atoms with van der Waals surface area (Å²) in [4.78, 5) is 27.6. The van der Waals surface area contributed by atoms with Gasteiger partial charge in [-0.15, -0.1) is 0 Å². The van der Waals surface area contributed by atoms with Crippen LogP contribution in [0, 0.1) is 0 Å². The van der Waals surface area contributed by atoms with Crippen molar-refractivity contribution in [2.75, 3.05) is 30.4 Å². The molecule has 1 saturated carbocycles. The van der Waals surface area contributed by atoms with E-state index in [2.05, 4.69) is 63.6 Å². The summed E-state index contributed by atoms with van der Waals surface area (Å²) in [5, 5.41) is 14.6. The lowest BCUT2D eigenvalue weighted by atomic mass is 9.90. The summed E-state index contributed by atoms with van der Waals surface area (Å²) in [5.74, 6) is 0.460. The van der Waals surface area contributed by atoms with Crippen molar-refractivity contribution in [3.63, 3.8) is 0 Å². The molecule has 5 heterocycles. The fourth-order valence-electron chi connectivity index (χ4n) is 6.96. The second-order valence-corrected chi connectivity index (χ2v) is 11.6. The highest BCUT2D eigenvalue weighted by Gasteiger charge is 2.50. The molecule has 0 radical (unpaired) electrons. The second-order valence-electron chi connectivity index (χ2n) is 11.6. The lowest BCUT2D eigenvalue weighted by Crippen LogP contribution is -2.38. The van der Waals surface area contributed by atoms with Crippen molar-refractivity contribution in [3.8, 4) is 5.69 Å². The largest absolute Gasteiger partial charge is 0.373 e. The Hall–Kier alpha value is -3.95. The number of allylic oxidation sites excluding steroid dienone is 2. The normalized spacial score (nSPS) is 21.9. The third kappa shape index (κ3) is 3.57. The number of rotatable bonds is 2. The van der Waals surface area contributed by atoms with Crippen LogP contribution in [0.25, 0.3) is 16.7 Å². The van der Waals surface area contributed by atoms with Crippen LogP contribution in [-0.4, -0.2) is 55.7 Å². The summed E-state index contributed by atoms with van der Waals surface area (Å²) in [6.07, 6.45) is 11.2. The van der Waals surface area contributed by atoms with Gasteiger partial charge in [0.1, 0.15) is 11.6 Å². The van der Waals surface area contributed by atoms with Crippen molar-refractivity contribution in [1.82, 2.24) is 24.2 Å². The maximum atomic E-state index is 13.6. The van der Waals surface area contributed by atoms with Crippen LogP contribution in [0.5, 0.6) is 0 Å². The van der Waals surface area contributed by atoms with Gasteiger partial charge in [0.15, 0.2) is 5.65 Å². The van der Waals surface area contributed by atoms with Gasteiger partial charge in [-0.25, -0.2) is 14.3 Å². The molecule has 1 atom stereocenters. The van der Waals surface area contributed by atoms with Gasteiger partial charge in [0, 0.05) is 42.6 Å². The maximum absolute atomic E-state index is 13.6. The number of aliphatic hydroxyl groups excluding tert-OH is 1. The number of aromatic nitrogens is 4. The van der Waals surface area contributed by atoms with E-state index in [1.165, 1.54) is 24.0 Å². The van der Waals surface area contributed by atoms with Crippen molar-refractivity contribution < 1.29 is 5.11 Å². The molecule has 9 heteroatoms. The van der Waals surface area contributed by atoms with Gasteiger partial charge >= 0.3 is 0 Å². The van der Waals surface area contributed by atoms with Gasteiger partial charge in [0.05, 0.1) is 12.2 Å². The fourth-order valence-corrected chi connectivity index (χ4v) is 6.96. The zero-order chi connectivity index (χ0) is 27.0. The van der Waals surface area contributed by atoms with E-state index in [4.69, 9.17) is 4.98 Å². The molecule has 0 saturated heterocycles. The van der Waals surface area contributed by atoms with Crippen molar-refractivity contribution in [2.24, 2.45) is 0 Å². The molecule has 0 amide bonds. The molecular formula is C31H33N7O2. The number of hydrogen-bond donors (Lipinski definition) is 2. The van der Waals surface area contributed by atoms with E-state index in [1.54, 1.807) is 10.9 Å². The predicted octanol–water partition coefficient (Wildman–Crippen LogP) is 3.83. The summed E-state index contributed by atoms with van der Waals surface area (Å²) in [6.45, 7) is 2.33. The van der Waals surface area contributed by atoms with Gasteiger partial charge in [-0.3, -0.25) is 9.69 Å². The first-order chi connectivity index (χ1) is 19.5. The summed E-state index contributed by atoms with van der Waals surface area (Å²) in [6, 6.07) is 12.8. The monoisotopic (exact) mass is 535 g/mol. The molecule has 8 rings (SSSR count). The van der Waals surface area contributed by atoms with E-state index in [0.29, 0.717) is 29.9 Å². The second kappa shape index (κ2) is 8.78. The molecule has 1 spiro atoms. The Morgan fingerprint density at radius 2 is 1.95 bits per heavy atom. The number of nitrogens with zero attached hydrogens (tertiary/aromatic N) is 6. The van der Waals surface area contributed by atoms with Crippen LogP contribution in [0.3, 0.4) is 0 Å². The minimum Gasteiger partial charge on any atom is -0.373 e. The molecule has 4 aliphatic rings. The summed E-state index contributed by atoms with van der Waals surface area (Å²) in [5.41, 5.74) is 7.42. The topological polar surface area (TPSA) is 91.5 Å². The number of anilines is 3. The third-order valence-electron chi connectivity index (χ3n) is 9.31. The molecule has 1 aliphatic carbocycles. The zero-order valence-electron chi connectivity index (χ0n) is 22.7. The van der Waals surface area contributed by atoms with Gasteiger partial charge in [-0.1, -0.05) is 24.3 Å². The molecule has 2 N–H and O–H groups in total. The van der Waals surface area contributed by atoms with Crippen molar-refractivity contribution >= 4 is 28.4 Å². The first kappa shape index (κ1) is 23.9. The SMILES string of the molecule is CN1CCc2ccc(Nc3ncc4c(=O)n5n(c4n3)-c3ccc4c(c3)N(CCC/C=C\C5)C(O)C4)cc2C12CC2. The molecule has 9 nitrogen and oxygen atoms in total. The molecule has 204 valence electrons. The van der Waals surface area contributed by atoms with Gasteiger partial charge in [-0.05, 0) is 80.1 Å². The molecule has 2 bridgehead atoms. The number of likely N-dealkylation sites (N-methyl/N-ethyl adjacent to an activating group) is 1. The first-order valence-corrected chi connectivity index (χ1v) is 14.4. The van der Waals surface area contributed by atoms with Crippen LogP contribution < -0.4 is 15.8 Å². The number of aliphatic hydroxyl groups is 1. The van der Waals surface area contributed by atoms with Crippen LogP contribution in [-0.2, 0) is 24.9 Å². The Bertz CT molecular complexity index is 1750. The summed E-state index contributed by atoms with van der Waals surface area (Å²) >= 11 is 0. The number of benzene rings is 2. The van der Waals surface area contributed by atoms with E-state index in [1.807, 2.05) is 16.8 Å².